The largest absolute Gasteiger partial charge is 0.444 e. The van der Waals surface area contributed by atoms with Crippen LogP contribution in [-0.4, -0.2) is 54.1 Å². The van der Waals surface area contributed by atoms with Crippen LogP contribution >= 0.6 is 0 Å². The van der Waals surface area contributed by atoms with Gasteiger partial charge in [0.1, 0.15) is 5.60 Å². The van der Waals surface area contributed by atoms with E-state index in [0.717, 1.165) is 24.0 Å². The number of alkyl carbamates (subject to hydrolysis) is 1. The van der Waals surface area contributed by atoms with Gasteiger partial charge in [-0.3, -0.25) is 9.59 Å². The molecule has 7 heteroatoms. The molecule has 1 heterocycles. The van der Waals surface area contributed by atoms with Crippen LogP contribution < -0.4 is 10.6 Å². The summed E-state index contributed by atoms with van der Waals surface area (Å²) in [5, 5.41) is 5.56. The van der Waals surface area contributed by atoms with Gasteiger partial charge in [-0.05, 0) is 57.7 Å². The van der Waals surface area contributed by atoms with E-state index < -0.39 is 11.7 Å². The van der Waals surface area contributed by atoms with Crippen molar-refractivity contribution in [1.29, 1.82) is 0 Å². The molecule has 2 N–H and O–H groups in total. The van der Waals surface area contributed by atoms with E-state index in [4.69, 9.17) is 4.74 Å². The van der Waals surface area contributed by atoms with Gasteiger partial charge in [0, 0.05) is 38.2 Å². The van der Waals surface area contributed by atoms with Crippen LogP contribution in [0.3, 0.4) is 0 Å². The second kappa shape index (κ2) is 10.8. The van der Waals surface area contributed by atoms with E-state index in [1.807, 2.05) is 42.2 Å². The van der Waals surface area contributed by atoms with Gasteiger partial charge in [0.25, 0.3) is 0 Å². The number of hydrogen-bond donors (Lipinski definition) is 2. The molecular formula is C23H33N3O4. The lowest BCUT2D eigenvalue weighted by molar-refractivity contribution is -0.127. The van der Waals surface area contributed by atoms with Crippen LogP contribution in [0.2, 0.25) is 0 Å². The Kier molecular flexibility index (Phi) is 8.45. The fourth-order valence-corrected chi connectivity index (χ4v) is 3.18. The Morgan fingerprint density at radius 2 is 1.83 bits per heavy atom. The summed E-state index contributed by atoms with van der Waals surface area (Å²) in [6, 6.07) is 7.97. The summed E-state index contributed by atoms with van der Waals surface area (Å²) in [7, 11) is 0. The highest BCUT2D eigenvalue weighted by molar-refractivity contribution is 5.92. The maximum Gasteiger partial charge on any atom is 0.407 e. The summed E-state index contributed by atoms with van der Waals surface area (Å²) in [6.07, 6.45) is 4.56. The molecule has 0 spiro atoms. The molecule has 2 rings (SSSR count). The molecule has 1 aliphatic rings. The van der Waals surface area contributed by atoms with Gasteiger partial charge in [0.2, 0.25) is 11.8 Å². The third-order valence-corrected chi connectivity index (χ3v) is 4.79. The summed E-state index contributed by atoms with van der Waals surface area (Å²) in [5.41, 5.74) is 1.60. The molecule has 1 saturated heterocycles. The van der Waals surface area contributed by atoms with Crippen molar-refractivity contribution in [2.45, 2.75) is 58.6 Å². The summed E-state index contributed by atoms with van der Waals surface area (Å²) >= 11 is 0. The molecule has 0 atom stereocenters. The minimum absolute atomic E-state index is 0.00964. The lowest BCUT2D eigenvalue weighted by atomic mass is 10.0. The maximum absolute atomic E-state index is 12.4. The van der Waals surface area contributed by atoms with Gasteiger partial charge >= 0.3 is 6.09 Å². The van der Waals surface area contributed by atoms with Gasteiger partial charge in [0.15, 0.2) is 0 Å². The molecule has 1 aromatic rings. The molecule has 0 aliphatic carbocycles. The van der Waals surface area contributed by atoms with E-state index in [-0.39, 0.29) is 30.8 Å². The molecule has 1 fully saturated rings. The third-order valence-electron chi connectivity index (χ3n) is 4.79. The van der Waals surface area contributed by atoms with Gasteiger partial charge in [-0.25, -0.2) is 4.79 Å². The SMILES string of the molecule is Cc1ccccc1/C=C/C(=O)N1CCC(NC(=O)CCNC(=O)OC(C)(C)C)CC1. The number of benzene rings is 1. The average molecular weight is 416 g/mol. The summed E-state index contributed by atoms with van der Waals surface area (Å²) in [4.78, 5) is 37.9. The van der Waals surface area contributed by atoms with E-state index in [9.17, 15) is 14.4 Å². The molecule has 1 aliphatic heterocycles. The smallest absolute Gasteiger partial charge is 0.407 e. The first-order chi connectivity index (χ1) is 14.1. The number of rotatable bonds is 6. The molecule has 164 valence electrons. The van der Waals surface area contributed by atoms with Gasteiger partial charge in [-0.1, -0.05) is 24.3 Å². The number of hydrogen-bond acceptors (Lipinski definition) is 4. The van der Waals surface area contributed by atoms with Gasteiger partial charge < -0.3 is 20.3 Å². The van der Waals surface area contributed by atoms with E-state index in [0.29, 0.717) is 13.1 Å². The van der Waals surface area contributed by atoms with Crippen molar-refractivity contribution in [2.75, 3.05) is 19.6 Å². The van der Waals surface area contributed by atoms with Crippen molar-refractivity contribution in [1.82, 2.24) is 15.5 Å². The Bertz CT molecular complexity index is 775. The molecule has 3 amide bonds. The molecule has 1 aromatic carbocycles. The highest BCUT2D eigenvalue weighted by Crippen LogP contribution is 2.13. The van der Waals surface area contributed by atoms with Crippen molar-refractivity contribution < 1.29 is 19.1 Å². The second-order valence-electron chi connectivity index (χ2n) is 8.54. The number of likely N-dealkylation sites (tertiary alicyclic amines) is 1. The first-order valence-corrected chi connectivity index (χ1v) is 10.4. The summed E-state index contributed by atoms with van der Waals surface area (Å²) in [6.45, 7) is 8.82. The Hall–Kier alpha value is -2.83. The monoisotopic (exact) mass is 415 g/mol. The van der Waals surface area contributed by atoms with Crippen molar-refractivity contribution in [3.63, 3.8) is 0 Å². The minimum Gasteiger partial charge on any atom is -0.444 e. The van der Waals surface area contributed by atoms with Crippen LogP contribution in [0.15, 0.2) is 30.3 Å². The highest BCUT2D eigenvalue weighted by atomic mass is 16.6. The quantitative estimate of drug-likeness (QED) is 0.699. The van der Waals surface area contributed by atoms with E-state index >= 15 is 0 Å². The fourth-order valence-electron chi connectivity index (χ4n) is 3.18. The minimum atomic E-state index is -0.563. The highest BCUT2D eigenvalue weighted by Gasteiger charge is 2.23. The van der Waals surface area contributed by atoms with Crippen molar-refractivity contribution >= 4 is 24.0 Å². The van der Waals surface area contributed by atoms with Crippen LogP contribution in [-0.2, 0) is 14.3 Å². The molecule has 7 nitrogen and oxygen atoms in total. The van der Waals surface area contributed by atoms with Gasteiger partial charge in [0.05, 0.1) is 0 Å². The zero-order chi connectivity index (χ0) is 22.1. The van der Waals surface area contributed by atoms with E-state index in [1.54, 1.807) is 26.8 Å². The summed E-state index contributed by atoms with van der Waals surface area (Å²) in [5.74, 6) is -0.125. The standard InChI is InChI=1S/C23H33N3O4/c1-17-7-5-6-8-18(17)9-10-21(28)26-15-12-19(13-16-26)25-20(27)11-14-24-22(29)30-23(2,3)4/h5-10,19H,11-16H2,1-4H3,(H,24,29)(H,25,27)/b10-9+. The Labute approximate surface area is 178 Å². The molecule has 30 heavy (non-hydrogen) atoms. The lowest BCUT2D eigenvalue weighted by Gasteiger charge is -2.31. The first-order valence-electron chi connectivity index (χ1n) is 10.4. The van der Waals surface area contributed by atoms with E-state index in [2.05, 4.69) is 10.6 Å². The van der Waals surface area contributed by atoms with Crippen molar-refractivity contribution in [2.24, 2.45) is 0 Å². The second-order valence-corrected chi connectivity index (χ2v) is 8.54. The number of ether oxygens (including phenoxy) is 1. The first kappa shape index (κ1) is 23.4. The normalized spacial score (nSPS) is 15.1. The number of aryl methyl sites for hydroxylation is 1. The third kappa shape index (κ3) is 8.27. The van der Waals surface area contributed by atoms with Crippen LogP contribution in [0.25, 0.3) is 6.08 Å². The molecule has 0 saturated carbocycles. The fraction of sp³-hybridized carbons (Fsp3) is 0.522. The number of nitrogens with zero attached hydrogens (tertiary/aromatic N) is 1. The molecule has 0 unspecified atom stereocenters. The predicted molar refractivity (Wildman–Crippen MR) is 117 cm³/mol. The van der Waals surface area contributed by atoms with Crippen molar-refractivity contribution in [3.05, 3.63) is 41.5 Å². The number of carbonyl (C=O) groups excluding carboxylic acids is 3. The molecular weight excluding hydrogens is 382 g/mol. The van der Waals surface area contributed by atoms with E-state index in [1.165, 1.54) is 0 Å². The maximum atomic E-state index is 12.4. The molecule has 0 bridgehead atoms. The summed E-state index contributed by atoms with van der Waals surface area (Å²) < 4.78 is 5.13. The molecule has 0 radical (unpaired) electrons. The average Bonchev–Trinajstić information content (AvgIpc) is 2.66. The predicted octanol–water partition coefficient (Wildman–Crippen LogP) is 3.03. The topological polar surface area (TPSA) is 87.7 Å². The Morgan fingerprint density at radius 1 is 1.17 bits per heavy atom. The number of amides is 3. The zero-order valence-electron chi connectivity index (χ0n) is 18.4. The van der Waals surface area contributed by atoms with Gasteiger partial charge in [-0.2, -0.15) is 0 Å². The zero-order valence-corrected chi connectivity index (χ0v) is 18.4. The van der Waals surface area contributed by atoms with Crippen LogP contribution in [0.1, 0.15) is 51.2 Å². The number of carbonyl (C=O) groups is 3. The van der Waals surface area contributed by atoms with Crippen LogP contribution in [0, 0.1) is 6.92 Å². The Balaban J connectivity index is 1.67. The molecule has 0 aromatic heterocycles. The van der Waals surface area contributed by atoms with Crippen molar-refractivity contribution in [3.8, 4) is 0 Å². The Morgan fingerprint density at radius 3 is 2.47 bits per heavy atom. The lowest BCUT2D eigenvalue weighted by Crippen LogP contribution is -2.46. The van der Waals surface area contributed by atoms with Gasteiger partial charge in [-0.15, -0.1) is 0 Å². The number of nitrogens with one attached hydrogen (secondary N) is 2. The number of piperidine rings is 1. The van der Waals surface area contributed by atoms with Crippen LogP contribution in [0.5, 0.6) is 0 Å². The van der Waals surface area contributed by atoms with Crippen LogP contribution in [0.4, 0.5) is 4.79 Å².